The number of nitro groups is 1. The summed E-state index contributed by atoms with van der Waals surface area (Å²) in [5, 5.41) is 15.3. The number of hydrogen-bond donors (Lipinski definition) is 1. The summed E-state index contributed by atoms with van der Waals surface area (Å²) in [6, 6.07) is 14.2. The number of para-hydroxylation sites is 1. The van der Waals surface area contributed by atoms with E-state index in [0.29, 0.717) is 17.1 Å². The highest BCUT2D eigenvalue weighted by Crippen LogP contribution is 2.36. The van der Waals surface area contributed by atoms with Gasteiger partial charge in [0.25, 0.3) is 0 Å². The van der Waals surface area contributed by atoms with E-state index in [4.69, 9.17) is 4.74 Å². The van der Waals surface area contributed by atoms with Gasteiger partial charge in [-0.1, -0.05) is 24.3 Å². The Kier molecular flexibility index (Phi) is 4.24. The van der Waals surface area contributed by atoms with Crippen LogP contribution in [0, 0.1) is 10.1 Å². The van der Waals surface area contributed by atoms with Gasteiger partial charge in [0.1, 0.15) is 17.7 Å². The lowest BCUT2D eigenvalue weighted by Gasteiger charge is -2.10. The van der Waals surface area contributed by atoms with Crippen LogP contribution in [-0.4, -0.2) is 24.9 Å². The van der Waals surface area contributed by atoms with Crippen molar-refractivity contribution in [2.45, 2.75) is 0 Å². The minimum Gasteiger partial charge on any atom is -0.431 e. The Hall–Kier alpha value is -4.14. The topological polar surface area (TPSA) is 116 Å². The second kappa shape index (κ2) is 7.00. The standard InChI is InChI=1S/C18H12N6O3/c25-24(26)16-17(23-14-8-1-2-9-19-14)21-11-22-18(16)27-13-7-3-5-12-6-4-10-20-15(12)13/h1-11H,(H,19,21,22,23). The molecular formula is C18H12N6O3. The molecule has 3 heterocycles. The van der Waals surface area contributed by atoms with Crippen LogP contribution >= 0.6 is 0 Å². The van der Waals surface area contributed by atoms with Crippen molar-refractivity contribution < 1.29 is 9.66 Å². The largest absolute Gasteiger partial charge is 0.431 e. The fourth-order valence-electron chi connectivity index (χ4n) is 2.51. The number of rotatable bonds is 5. The van der Waals surface area contributed by atoms with Crippen molar-refractivity contribution in [2.75, 3.05) is 5.32 Å². The third-order valence-electron chi connectivity index (χ3n) is 3.68. The summed E-state index contributed by atoms with van der Waals surface area (Å²) < 4.78 is 5.75. The molecule has 0 spiro atoms. The Balaban J connectivity index is 1.76. The molecule has 0 aliphatic carbocycles. The SMILES string of the molecule is O=[N+]([O-])c1c(Nc2ccccn2)ncnc1Oc1cccc2cccnc12. The van der Waals surface area contributed by atoms with Gasteiger partial charge in [-0.2, -0.15) is 4.98 Å². The van der Waals surface area contributed by atoms with Gasteiger partial charge in [-0.3, -0.25) is 15.1 Å². The molecule has 3 aromatic heterocycles. The summed E-state index contributed by atoms with van der Waals surface area (Å²) in [5.74, 6) is 0.569. The molecule has 0 aliphatic heterocycles. The van der Waals surface area contributed by atoms with E-state index in [1.807, 2.05) is 12.1 Å². The lowest BCUT2D eigenvalue weighted by atomic mass is 10.2. The number of fused-ring (bicyclic) bond motifs is 1. The monoisotopic (exact) mass is 360 g/mol. The fraction of sp³-hybridized carbons (Fsp3) is 0. The summed E-state index contributed by atoms with van der Waals surface area (Å²) in [4.78, 5) is 27.3. The molecule has 4 rings (SSSR count). The zero-order chi connectivity index (χ0) is 18.6. The maximum Gasteiger partial charge on any atom is 0.373 e. The summed E-state index contributed by atoms with van der Waals surface area (Å²) in [6.07, 6.45) is 4.37. The number of aromatic nitrogens is 4. The molecule has 0 radical (unpaired) electrons. The van der Waals surface area contributed by atoms with Crippen LogP contribution < -0.4 is 10.1 Å². The average Bonchev–Trinajstić information content (AvgIpc) is 2.69. The molecular weight excluding hydrogens is 348 g/mol. The quantitative estimate of drug-likeness (QED) is 0.421. The highest BCUT2D eigenvalue weighted by molar-refractivity contribution is 5.84. The Morgan fingerprint density at radius 2 is 1.78 bits per heavy atom. The van der Waals surface area contributed by atoms with Crippen molar-refractivity contribution >= 4 is 28.2 Å². The molecule has 0 fully saturated rings. The zero-order valence-corrected chi connectivity index (χ0v) is 13.8. The minimum absolute atomic E-state index is 0.0168. The molecule has 27 heavy (non-hydrogen) atoms. The molecule has 0 saturated carbocycles. The van der Waals surface area contributed by atoms with Crippen molar-refractivity contribution in [3.8, 4) is 11.6 Å². The van der Waals surface area contributed by atoms with Gasteiger partial charge < -0.3 is 10.1 Å². The number of hydrogen-bond acceptors (Lipinski definition) is 8. The number of anilines is 2. The highest BCUT2D eigenvalue weighted by Gasteiger charge is 2.26. The van der Waals surface area contributed by atoms with Crippen LogP contribution in [0.4, 0.5) is 17.3 Å². The molecule has 4 aromatic rings. The molecule has 1 N–H and O–H groups in total. The summed E-state index contributed by atoms with van der Waals surface area (Å²) >= 11 is 0. The molecule has 132 valence electrons. The summed E-state index contributed by atoms with van der Waals surface area (Å²) in [5.41, 5.74) is 0.184. The number of nitrogens with zero attached hydrogens (tertiary/aromatic N) is 5. The lowest BCUT2D eigenvalue weighted by molar-refractivity contribution is -0.385. The number of ether oxygens (including phenoxy) is 1. The van der Waals surface area contributed by atoms with E-state index in [9.17, 15) is 10.1 Å². The van der Waals surface area contributed by atoms with Gasteiger partial charge in [0, 0.05) is 17.8 Å². The molecule has 0 aliphatic rings. The Morgan fingerprint density at radius 3 is 2.59 bits per heavy atom. The molecule has 0 unspecified atom stereocenters. The van der Waals surface area contributed by atoms with Gasteiger partial charge in [-0.05, 0) is 24.3 Å². The fourth-order valence-corrected chi connectivity index (χ4v) is 2.51. The number of nitrogens with one attached hydrogen (secondary N) is 1. The minimum atomic E-state index is -0.598. The second-order valence-electron chi connectivity index (χ2n) is 5.41. The molecule has 0 amide bonds. The van der Waals surface area contributed by atoms with Gasteiger partial charge in [-0.15, -0.1) is 0 Å². The number of pyridine rings is 2. The van der Waals surface area contributed by atoms with Crippen LogP contribution in [0.5, 0.6) is 11.6 Å². The highest BCUT2D eigenvalue weighted by atomic mass is 16.6. The first-order valence-electron chi connectivity index (χ1n) is 7.91. The first-order valence-corrected chi connectivity index (χ1v) is 7.91. The first kappa shape index (κ1) is 16.3. The van der Waals surface area contributed by atoms with E-state index in [0.717, 1.165) is 5.39 Å². The van der Waals surface area contributed by atoms with Crippen molar-refractivity contribution in [3.05, 3.63) is 77.4 Å². The summed E-state index contributed by atoms with van der Waals surface area (Å²) in [7, 11) is 0. The van der Waals surface area contributed by atoms with Gasteiger partial charge in [0.2, 0.25) is 5.82 Å². The van der Waals surface area contributed by atoms with Gasteiger partial charge in [-0.25, -0.2) is 9.97 Å². The second-order valence-corrected chi connectivity index (χ2v) is 5.41. The van der Waals surface area contributed by atoms with E-state index < -0.39 is 10.6 Å². The van der Waals surface area contributed by atoms with Crippen LogP contribution in [0.3, 0.4) is 0 Å². The van der Waals surface area contributed by atoms with Gasteiger partial charge in [0.05, 0.1) is 4.92 Å². The van der Waals surface area contributed by atoms with E-state index in [1.54, 1.807) is 48.8 Å². The molecule has 0 bridgehead atoms. The summed E-state index contributed by atoms with van der Waals surface area (Å²) in [6.45, 7) is 0. The van der Waals surface area contributed by atoms with E-state index in [1.165, 1.54) is 6.33 Å². The maximum absolute atomic E-state index is 11.7. The Labute approximate surface area is 152 Å². The van der Waals surface area contributed by atoms with Crippen LogP contribution in [0.25, 0.3) is 10.9 Å². The Bertz CT molecular complexity index is 1120. The first-order chi connectivity index (χ1) is 13.2. The van der Waals surface area contributed by atoms with E-state index in [-0.39, 0.29) is 11.7 Å². The van der Waals surface area contributed by atoms with Gasteiger partial charge in [0.15, 0.2) is 5.75 Å². The van der Waals surface area contributed by atoms with Crippen LogP contribution in [-0.2, 0) is 0 Å². The smallest absolute Gasteiger partial charge is 0.373 e. The predicted octanol–water partition coefficient (Wildman–Crippen LogP) is 3.86. The lowest BCUT2D eigenvalue weighted by Crippen LogP contribution is -2.04. The molecule has 9 heteroatoms. The maximum atomic E-state index is 11.7. The van der Waals surface area contributed by atoms with Crippen molar-refractivity contribution in [3.63, 3.8) is 0 Å². The van der Waals surface area contributed by atoms with E-state index >= 15 is 0 Å². The van der Waals surface area contributed by atoms with Crippen molar-refractivity contribution in [1.29, 1.82) is 0 Å². The molecule has 0 atom stereocenters. The molecule has 1 aromatic carbocycles. The van der Waals surface area contributed by atoms with Crippen LogP contribution in [0.1, 0.15) is 0 Å². The zero-order valence-electron chi connectivity index (χ0n) is 13.8. The molecule has 9 nitrogen and oxygen atoms in total. The third-order valence-corrected chi connectivity index (χ3v) is 3.68. The third kappa shape index (κ3) is 3.33. The van der Waals surface area contributed by atoms with Crippen molar-refractivity contribution in [2.24, 2.45) is 0 Å². The van der Waals surface area contributed by atoms with Crippen LogP contribution in [0.15, 0.2) is 67.3 Å². The normalized spacial score (nSPS) is 10.5. The Morgan fingerprint density at radius 1 is 0.926 bits per heavy atom. The van der Waals surface area contributed by atoms with Crippen LogP contribution in [0.2, 0.25) is 0 Å². The van der Waals surface area contributed by atoms with Crippen molar-refractivity contribution in [1.82, 2.24) is 19.9 Å². The predicted molar refractivity (Wildman–Crippen MR) is 98.0 cm³/mol. The van der Waals surface area contributed by atoms with E-state index in [2.05, 4.69) is 25.3 Å². The number of benzene rings is 1. The van der Waals surface area contributed by atoms with Gasteiger partial charge >= 0.3 is 11.6 Å². The molecule has 0 saturated heterocycles. The average molecular weight is 360 g/mol.